The van der Waals surface area contributed by atoms with Gasteiger partial charge in [0.1, 0.15) is 5.75 Å². The van der Waals surface area contributed by atoms with Crippen molar-refractivity contribution in [2.24, 2.45) is 5.92 Å². The molecule has 1 aromatic carbocycles. The molecule has 126 valence electrons. The molecule has 1 heterocycles. The fraction of sp³-hybridized carbons (Fsp3) is 0.500. The summed E-state index contributed by atoms with van der Waals surface area (Å²) >= 11 is 0. The maximum atomic E-state index is 12.0. The van der Waals surface area contributed by atoms with Gasteiger partial charge in [0.15, 0.2) is 18.9 Å². The fourth-order valence-corrected chi connectivity index (χ4v) is 2.08. The number of nitrogens with zero attached hydrogens (tertiary/aromatic N) is 1. The first-order valence-electron chi connectivity index (χ1n) is 7.51. The summed E-state index contributed by atoms with van der Waals surface area (Å²) in [6, 6.07) is 8.11. The molecule has 1 aliphatic heterocycles. The first-order chi connectivity index (χ1) is 11.0. The van der Waals surface area contributed by atoms with E-state index in [1.54, 1.807) is 19.2 Å². The number of para-hydroxylation sites is 1. The molecule has 1 aliphatic rings. The van der Waals surface area contributed by atoms with E-state index in [4.69, 9.17) is 14.3 Å². The lowest BCUT2D eigenvalue weighted by molar-refractivity contribution is -0.193. The molecule has 2 atom stereocenters. The fourth-order valence-electron chi connectivity index (χ4n) is 2.08. The molecule has 0 spiro atoms. The van der Waals surface area contributed by atoms with Crippen LogP contribution >= 0.6 is 0 Å². The number of carbonyl (C=O) groups excluding carboxylic acids is 2. The van der Waals surface area contributed by atoms with Crippen LogP contribution in [-0.4, -0.2) is 49.5 Å². The maximum Gasteiger partial charge on any atom is 0.351 e. The van der Waals surface area contributed by atoms with Gasteiger partial charge in [0, 0.05) is 7.05 Å². The van der Waals surface area contributed by atoms with Gasteiger partial charge >= 0.3 is 5.97 Å². The number of rotatable bonds is 7. The van der Waals surface area contributed by atoms with Crippen LogP contribution in [0.2, 0.25) is 0 Å². The Hall–Kier alpha value is -2.12. The highest BCUT2D eigenvalue weighted by Crippen LogP contribution is 2.17. The van der Waals surface area contributed by atoms with Crippen LogP contribution in [0.4, 0.5) is 0 Å². The molecule has 2 rings (SSSR count). The minimum Gasteiger partial charge on any atom is -0.484 e. The minimum atomic E-state index is -0.870. The first-order valence-corrected chi connectivity index (χ1v) is 7.51. The second-order valence-electron chi connectivity index (χ2n) is 5.72. The molecule has 0 radical (unpaired) electrons. The Morgan fingerprint density at radius 2 is 2.04 bits per heavy atom. The van der Waals surface area contributed by atoms with Crippen LogP contribution in [0.3, 0.4) is 0 Å². The van der Waals surface area contributed by atoms with Gasteiger partial charge in [0.05, 0.1) is 6.61 Å². The lowest BCUT2D eigenvalue weighted by Crippen LogP contribution is -2.49. The second-order valence-corrected chi connectivity index (χ2v) is 5.72. The molecular weight excluding hydrogens is 300 g/mol. The molecule has 0 aliphatic carbocycles. The number of amides is 1. The zero-order valence-electron chi connectivity index (χ0n) is 13.5. The van der Waals surface area contributed by atoms with Gasteiger partial charge in [-0.15, -0.1) is 5.06 Å². The average Bonchev–Trinajstić information content (AvgIpc) is 2.78. The molecule has 7 heteroatoms. The predicted molar refractivity (Wildman–Crippen MR) is 82.3 cm³/mol. The quantitative estimate of drug-likeness (QED) is 0.805. The number of carbonyl (C=O) groups is 2. The summed E-state index contributed by atoms with van der Waals surface area (Å²) in [5.74, 6) is -0.0724. The largest absolute Gasteiger partial charge is 0.484 e. The normalized spacial score (nSPS) is 21.3. The summed E-state index contributed by atoms with van der Waals surface area (Å²) in [7, 11) is 1.59. The minimum absolute atomic E-state index is 0.186. The molecule has 23 heavy (non-hydrogen) atoms. The van der Waals surface area contributed by atoms with E-state index in [-0.39, 0.29) is 6.61 Å². The van der Waals surface area contributed by atoms with Gasteiger partial charge in [-0.1, -0.05) is 32.0 Å². The van der Waals surface area contributed by atoms with Crippen molar-refractivity contribution in [3.63, 3.8) is 0 Å². The Morgan fingerprint density at radius 3 is 2.70 bits per heavy atom. The van der Waals surface area contributed by atoms with Crippen molar-refractivity contribution in [1.29, 1.82) is 0 Å². The van der Waals surface area contributed by atoms with E-state index >= 15 is 0 Å². The molecule has 0 aromatic heterocycles. The van der Waals surface area contributed by atoms with E-state index < -0.39 is 24.1 Å². The number of hydrogen-bond donors (Lipinski definition) is 1. The molecule has 1 N–H and O–H groups in total. The number of hydrogen-bond acceptors (Lipinski definition) is 6. The van der Waals surface area contributed by atoms with Crippen LogP contribution in [0.1, 0.15) is 13.8 Å². The first kappa shape index (κ1) is 17.2. The summed E-state index contributed by atoms with van der Waals surface area (Å²) in [4.78, 5) is 28.8. The third-order valence-corrected chi connectivity index (χ3v) is 3.16. The summed E-state index contributed by atoms with van der Waals surface area (Å²) in [5.41, 5.74) is 0. The Balaban J connectivity index is 1.88. The van der Waals surface area contributed by atoms with E-state index in [0.717, 1.165) is 0 Å². The summed E-state index contributed by atoms with van der Waals surface area (Å²) < 4.78 is 11.0. The number of ether oxygens (including phenoxy) is 2. The zero-order valence-corrected chi connectivity index (χ0v) is 13.5. The van der Waals surface area contributed by atoms with Gasteiger partial charge in [0.25, 0.3) is 5.91 Å². The van der Waals surface area contributed by atoms with Crippen molar-refractivity contribution in [2.75, 3.05) is 20.3 Å². The van der Waals surface area contributed by atoms with Gasteiger partial charge < -0.3 is 19.6 Å². The SMILES string of the molecule is CC(C)COC1C(NC(=O)COc2ccccc2)C(=O)ON1C. The van der Waals surface area contributed by atoms with Gasteiger partial charge in [-0.2, -0.15) is 0 Å². The highest BCUT2D eigenvalue weighted by atomic mass is 16.8. The highest BCUT2D eigenvalue weighted by Gasteiger charge is 2.43. The lowest BCUT2D eigenvalue weighted by Gasteiger charge is -2.22. The molecule has 1 amide bonds. The van der Waals surface area contributed by atoms with Crippen LogP contribution in [0, 0.1) is 5.92 Å². The number of nitrogens with one attached hydrogen (secondary N) is 1. The van der Waals surface area contributed by atoms with Gasteiger partial charge in [-0.3, -0.25) is 4.79 Å². The molecule has 1 fully saturated rings. The number of benzene rings is 1. The molecule has 1 aromatic rings. The van der Waals surface area contributed by atoms with Crippen LogP contribution in [-0.2, 0) is 19.2 Å². The van der Waals surface area contributed by atoms with Crippen molar-refractivity contribution < 1.29 is 23.9 Å². The average molecular weight is 322 g/mol. The third-order valence-electron chi connectivity index (χ3n) is 3.16. The second kappa shape index (κ2) is 7.94. The van der Waals surface area contributed by atoms with E-state index in [2.05, 4.69) is 5.32 Å². The zero-order chi connectivity index (χ0) is 16.8. The van der Waals surface area contributed by atoms with E-state index in [1.165, 1.54) is 5.06 Å². The van der Waals surface area contributed by atoms with Gasteiger partial charge in [-0.05, 0) is 18.1 Å². The van der Waals surface area contributed by atoms with Crippen molar-refractivity contribution in [2.45, 2.75) is 26.1 Å². The molecule has 0 bridgehead atoms. The van der Waals surface area contributed by atoms with Crippen molar-refractivity contribution in [3.8, 4) is 5.75 Å². The molecular formula is C16H22N2O5. The summed E-state index contributed by atoms with van der Waals surface area (Å²) in [6.07, 6.45) is -0.648. The van der Waals surface area contributed by atoms with E-state index in [0.29, 0.717) is 18.3 Å². The molecule has 1 saturated heterocycles. The van der Waals surface area contributed by atoms with Crippen LogP contribution in [0.25, 0.3) is 0 Å². The summed E-state index contributed by atoms with van der Waals surface area (Å²) in [5, 5.41) is 3.91. The van der Waals surface area contributed by atoms with Crippen LogP contribution in [0.5, 0.6) is 5.75 Å². The number of hydroxylamine groups is 2. The Labute approximate surface area is 135 Å². The third kappa shape index (κ3) is 4.94. The van der Waals surface area contributed by atoms with E-state index in [9.17, 15) is 9.59 Å². The summed E-state index contributed by atoms with van der Waals surface area (Å²) in [6.45, 7) is 4.27. The Kier molecular flexibility index (Phi) is 5.95. The molecule has 0 saturated carbocycles. The smallest absolute Gasteiger partial charge is 0.351 e. The number of likely N-dealkylation sites (N-methyl/N-ethyl adjacent to an activating group) is 1. The maximum absolute atomic E-state index is 12.0. The molecule has 2 unspecified atom stereocenters. The van der Waals surface area contributed by atoms with Gasteiger partial charge in [-0.25, -0.2) is 4.79 Å². The monoisotopic (exact) mass is 322 g/mol. The lowest BCUT2D eigenvalue weighted by atomic mass is 10.2. The van der Waals surface area contributed by atoms with Crippen molar-refractivity contribution in [3.05, 3.63) is 30.3 Å². The standard InChI is InChI=1S/C16H22N2O5/c1-11(2)9-22-15-14(16(20)23-18(15)3)17-13(19)10-21-12-7-5-4-6-8-12/h4-8,11,14-15H,9-10H2,1-3H3,(H,17,19). The Morgan fingerprint density at radius 1 is 1.35 bits per heavy atom. The topological polar surface area (TPSA) is 77.1 Å². The van der Waals surface area contributed by atoms with Crippen molar-refractivity contribution in [1.82, 2.24) is 10.4 Å². The van der Waals surface area contributed by atoms with Crippen LogP contribution < -0.4 is 10.1 Å². The predicted octanol–water partition coefficient (Wildman–Crippen LogP) is 0.952. The molecule has 7 nitrogen and oxygen atoms in total. The van der Waals surface area contributed by atoms with Crippen LogP contribution in [0.15, 0.2) is 30.3 Å². The van der Waals surface area contributed by atoms with E-state index in [1.807, 2.05) is 32.0 Å². The van der Waals surface area contributed by atoms with Gasteiger partial charge in [0.2, 0.25) is 0 Å². The highest BCUT2D eigenvalue weighted by molar-refractivity contribution is 5.86. The Bertz CT molecular complexity index is 535. The van der Waals surface area contributed by atoms with Crippen molar-refractivity contribution >= 4 is 11.9 Å².